The number of aromatic nitrogens is 3. The minimum atomic E-state index is 0.0442. The molecule has 0 fully saturated rings. The van der Waals surface area contributed by atoms with E-state index in [0.717, 1.165) is 37.3 Å². The van der Waals surface area contributed by atoms with Gasteiger partial charge in [0.15, 0.2) is 0 Å². The number of nitrogens with zero attached hydrogens (tertiary/aromatic N) is 3. The first kappa shape index (κ1) is 11.4. The van der Waals surface area contributed by atoms with Gasteiger partial charge in [0.05, 0.1) is 6.17 Å². The van der Waals surface area contributed by atoms with Crippen LogP contribution in [0.2, 0.25) is 0 Å². The molecule has 2 heterocycles. The van der Waals surface area contributed by atoms with E-state index in [1.54, 1.807) is 0 Å². The predicted octanol–water partition coefficient (Wildman–Crippen LogP) is 1.97. The highest BCUT2D eigenvalue weighted by Gasteiger charge is 2.21. The van der Waals surface area contributed by atoms with Gasteiger partial charge in [0, 0.05) is 12.8 Å². The van der Waals surface area contributed by atoms with Gasteiger partial charge in [0.25, 0.3) is 0 Å². The van der Waals surface area contributed by atoms with Gasteiger partial charge in [-0.15, -0.1) is 10.2 Å². The van der Waals surface area contributed by atoms with E-state index >= 15 is 0 Å². The summed E-state index contributed by atoms with van der Waals surface area (Å²) in [6.07, 6.45) is 3.99. The van der Waals surface area contributed by atoms with E-state index in [9.17, 15) is 0 Å². The van der Waals surface area contributed by atoms with E-state index in [4.69, 9.17) is 5.73 Å². The van der Waals surface area contributed by atoms with E-state index in [2.05, 4.69) is 46.0 Å². The molecule has 1 aromatic carbocycles. The third kappa shape index (κ3) is 1.93. The molecule has 3 rings (SSSR count). The second kappa shape index (κ2) is 4.53. The fraction of sp³-hybridized carbons (Fsp3) is 0.429. The van der Waals surface area contributed by atoms with Crippen LogP contribution in [0.25, 0.3) is 0 Å². The summed E-state index contributed by atoms with van der Waals surface area (Å²) in [5.74, 6) is 2.03. The summed E-state index contributed by atoms with van der Waals surface area (Å²) in [5, 5.41) is 8.58. The van der Waals surface area contributed by atoms with E-state index in [1.807, 2.05) is 0 Å². The molecule has 0 saturated heterocycles. The lowest BCUT2D eigenvalue weighted by Gasteiger charge is -2.22. The highest BCUT2D eigenvalue weighted by Crippen LogP contribution is 2.23. The van der Waals surface area contributed by atoms with Crippen LogP contribution in [0, 0.1) is 6.92 Å². The highest BCUT2D eigenvalue weighted by atomic mass is 15.3. The summed E-state index contributed by atoms with van der Waals surface area (Å²) >= 11 is 0. The van der Waals surface area contributed by atoms with Gasteiger partial charge in [-0.3, -0.25) is 4.57 Å². The van der Waals surface area contributed by atoms with E-state index in [-0.39, 0.29) is 6.17 Å². The molecular formula is C14H18N4. The number of aryl methyl sites for hydroxylation is 2. The number of hydrogen-bond donors (Lipinski definition) is 1. The second-order valence-electron chi connectivity index (χ2n) is 4.97. The van der Waals surface area contributed by atoms with Gasteiger partial charge in [-0.1, -0.05) is 24.3 Å². The Morgan fingerprint density at radius 3 is 3.00 bits per heavy atom. The fourth-order valence-corrected chi connectivity index (χ4v) is 2.61. The van der Waals surface area contributed by atoms with E-state index in [1.165, 1.54) is 11.1 Å². The van der Waals surface area contributed by atoms with Crippen molar-refractivity contribution in [1.29, 1.82) is 0 Å². The van der Waals surface area contributed by atoms with Crippen molar-refractivity contribution in [2.24, 2.45) is 5.73 Å². The summed E-state index contributed by atoms with van der Waals surface area (Å²) in [7, 11) is 0. The maximum atomic E-state index is 6.17. The second-order valence-corrected chi connectivity index (χ2v) is 4.97. The quantitative estimate of drug-likeness (QED) is 0.876. The molecule has 4 nitrogen and oxygen atoms in total. The Bertz CT molecular complexity index is 559. The SMILES string of the molecule is Cc1ccccc1Cc1nnc2n1C(N)CCC2. The molecule has 0 saturated carbocycles. The van der Waals surface area contributed by atoms with Gasteiger partial charge in [-0.2, -0.15) is 0 Å². The van der Waals surface area contributed by atoms with Gasteiger partial charge < -0.3 is 5.73 Å². The van der Waals surface area contributed by atoms with Crippen LogP contribution >= 0.6 is 0 Å². The van der Waals surface area contributed by atoms with Crippen molar-refractivity contribution >= 4 is 0 Å². The molecule has 1 aliphatic heterocycles. The van der Waals surface area contributed by atoms with Crippen LogP contribution in [0.5, 0.6) is 0 Å². The summed E-state index contributed by atoms with van der Waals surface area (Å²) < 4.78 is 2.12. The fourth-order valence-electron chi connectivity index (χ4n) is 2.61. The smallest absolute Gasteiger partial charge is 0.138 e. The molecule has 2 aromatic rings. The molecule has 18 heavy (non-hydrogen) atoms. The summed E-state index contributed by atoms with van der Waals surface area (Å²) in [4.78, 5) is 0. The molecular weight excluding hydrogens is 224 g/mol. The topological polar surface area (TPSA) is 56.7 Å². The molecule has 1 aliphatic rings. The first-order valence-corrected chi connectivity index (χ1v) is 6.48. The molecule has 1 atom stereocenters. The van der Waals surface area contributed by atoms with Crippen LogP contribution in [-0.4, -0.2) is 14.8 Å². The number of rotatable bonds is 2. The highest BCUT2D eigenvalue weighted by molar-refractivity contribution is 5.28. The Morgan fingerprint density at radius 2 is 2.17 bits per heavy atom. The first-order chi connectivity index (χ1) is 8.75. The Labute approximate surface area is 107 Å². The number of hydrogen-bond acceptors (Lipinski definition) is 3. The third-order valence-electron chi connectivity index (χ3n) is 3.68. The zero-order valence-electron chi connectivity index (χ0n) is 10.6. The van der Waals surface area contributed by atoms with Gasteiger partial charge in [-0.05, 0) is 30.9 Å². The van der Waals surface area contributed by atoms with Crippen molar-refractivity contribution in [2.45, 2.75) is 38.8 Å². The van der Waals surface area contributed by atoms with Crippen molar-refractivity contribution in [2.75, 3.05) is 0 Å². The molecule has 1 unspecified atom stereocenters. The van der Waals surface area contributed by atoms with Gasteiger partial charge in [-0.25, -0.2) is 0 Å². The van der Waals surface area contributed by atoms with E-state index < -0.39 is 0 Å². The lowest BCUT2D eigenvalue weighted by Crippen LogP contribution is -2.26. The molecule has 0 spiro atoms. The largest absolute Gasteiger partial charge is 0.311 e. The molecule has 2 N–H and O–H groups in total. The minimum absolute atomic E-state index is 0.0442. The Morgan fingerprint density at radius 1 is 1.33 bits per heavy atom. The van der Waals surface area contributed by atoms with Crippen molar-refractivity contribution in [1.82, 2.24) is 14.8 Å². The first-order valence-electron chi connectivity index (χ1n) is 6.48. The monoisotopic (exact) mass is 242 g/mol. The van der Waals surface area contributed by atoms with Crippen molar-refractivity contribution < 1.29 is 0 Å². The van der Waals surface area contributed by atoms with Crippen molar-refractivity contribution in [3.8, 4) is 0 Å². The molecule has 0 bridgehead atoms. The lowest BCUT2D eigenvalue weighted by atomic mass is 10.0. The average molecular weight is 242 g/mol. The van der Waals surface area contributed by atoms with Gasteiger partial charge >= 0.3 is 0 Å². The van der Waals surface area contributed by atoms with Gasteiger partial charge in [0.1, 0.15) is 11.6 Å². The molecule has 0 amide bonds. The molecule has 94 valence electrons. The third-order valence-corrected chi connectivity index (χ3v) is 3.68. The summed E-state index contributed by atoms with van der Waals surface area (Å²) in [6.45, 7) is 2.13. The minimum Gasteiger partial charge on any atom is -0.311 e. The Hall–Kier alpha value is -1.68. The Balaban J connectivity index is 1.95. The Kier molecular flexibility index (Phi) is 2.88. The molecule has 0 radical (unpaired) electrons. The number of fused-ring (bicyclic) bond motifs is 1. The molecule has 4 heteroatoms. The van der Waals surface area contributed by atoms with Gasteiger partial charge in [0.2, 0.25) is 0 Å². The summed E-state index contributed by atoms with van der Waals surface area (Å²) in [6, 6.07) is 8.40. The molecule has 0 aliphatic carbocycles. The average Bonchev–Trinajstić information content (AvgIpc) is 2.77. The number of nitrogens with two attached hydrogens (primary N) is 1. The lowest BCUT2D eigenvalue weighted by molar-refractivity contribution is 0.399. The zero-order chi connectivity index (χ0) is 12.5. The zero-order valence-corrected chi connectivity index (χ0v) is 10.6. The van der Waals surface area contributed by atoms with Crippen molar-refractivity contribution in [3.63, 3.8) is 0 Å². The van der Waals surface area contributed by atoms with Crippen LogP contribution in [0.3, 0.4) is 0 Å². The maximum absolute atomic E-state index is 6.17. The van der Waals surface area contributed by atoms with E-state index in [0.29, 0.717) is 0 Å². The summed E-state index contributed by atoms with van der Waals surface area (Å²) in [5.41, 5.74) is 8.75. The predicted molar refractivity (Wildman–Crippen MR) is 70.2 cm³/mol. The van der Waals surface area contributed by atoms with Crippen molar-refractivity contribution in [3.05, 3.63) is 47.0 Å². The maximum Gasteiger partial charge on any atom is 0.138 e. The van der Waals surface area contributed by atoms with Crippen LogP contribution < -0.4 is 5.73 Å². The van der Waals surface area contributed by atoms with Crippen LogP contribution in [-0.2, 0) is 12.8 Å². The van der Waals surface area contributed by atoms with Crippen LogP contribution in [0.4, 0.5) is 0 Å². The number of benzene rings is 1. The van der Waals surface area contributed by atoms with Crippen LogP contribution in [0.15, 0.2) is 24.3 Å². The molecule has 1 aromatic heterocycles. The standard InChI is InChI=1S/C14H18N4/c1-10-5-2-3-6-11(10)9-14-17-16-13-8-4-7-12(15)18(13)14/h2-3,5-6,12H,4,7-9,15H2,1H3. The normalized spacial score (nSPS) is 18.7. The van der Waals surface area contributed by atoms with Crippen LogP contribution in [0.1, 0.15) is 41.8 Å².